The third-order valence-electron chi connectivity index (χ3n) is 7.25. The number of anilines is 1. The number of piperidine rings is 1. The minimum atomic E-state index is -1.06. The summed E-state index contributed by atoms with van der Waals surface area (Å²) in [6.45, 7) is 5.62. The monoisotopic (exact) mass is 521 g/mol. The highest BCUT2D eigenvalue weighted by Gasteiger charge is 2.35. The van der Waals surface area contributed by atoms with Crippen molar-refractivity contribution in [3.05, 3.63) is 70.8 Å². The Morgan fingerprint density at radius 1 is 1.18 bits per heavy atom. The fourth-order valence-electron chi connectivity index (χ4n) is 4.87. The van der Waals surface area contributed by atoms with Gasteiger partial charge in [-0.3, -0.25) is 14.2 Å². The van der Waals surface area contributed by atoms with Crippen LogP contribution in [0.2, 0.25) is 0 Å². The van der Waals surface area contributed by atoms with Gasteiger partial charge in [0.2, 0.25) is 5.91 Å². The largest absolute Gasteiger partial charge is 0.388 e. The van der Waals surface area contributed by atoms with Gasteiger partial charge in [0.05, 0.1) is 36.0 Å². The minimum Gasteiger partial charge on any atom is -0.388 e. The Hall–Kier alpha value is -3.27. The van der Waals surface area contributed by atoms with Gasteiger partial charge in [0.1, 0.15) is 0 Å². The molecular formula is C29H39N5O4. The van der Waals surface area contributed by atoms with Crippen molar-refractivity contribution >= 4 is 22.5 Å². The van der Waals surface area contributed by atoms with Crippen molar-refractivity contribution in [1.29, 1.82) is 0 Å². The van der Waals surface area contributed by atoms with Crippen LogP contribution in [0.5, 0.6) is 0 Å². The van der Waals surface area contributed by atoms with Gasteiger partial charge >= 0.3 is 0 Å². The Morgan fingerprint density at radius 2 is 1.95 bits per heavy atom. The number of carbonyl (C=O) groups is 1. The zero-order valence-electron chi connectivity index (χ0n) is 22.1. The number of likely N-dealkylation sites (tertiary alicyclic amines) is 1. The van der Waals surface area contributed by atoms with Crippen LogP contribution in [0.3, 0.4) is 0 Å². The Bertz CT molecular complexity index is 1250. The normalized spacial score (nSPS) is 15.9. The molecule has 0 saturated carbocycles. The Balaban J connectivity index is 1.31. The second-order valence-corrected chi connectivity index (χ2v) is 10.2. The zero-order valence-corrected chi connectivity index (χ0v) is 22.1. The molecule has 1 fully saturated rings. The van der Waals surface area contributed by atoms with Gasteiger partial charge in [-0.1, -0.05) is 37.3 Å². The van der Waals surface area contributed by atoms with Crippen LogP contribution >= 0.6 is 0 Å². The lowest BCUT2D eigenvalue weighted by molar-refractivity contribution is -0.136. The highest BCUT2D eigenvalue weighted by Crippen LogP contribution is 2.26. The van der Waals surface area contributed by atoms with Crippen molar-refractivity contribution in [3.63, 3.8) is 0 Å². The number of carbonyl (C=O) groups excluding carboxylic acids is 1. The van der Waals surface area contributed by atoms with E-state index in [9.17, 15) is 14.7 Å². The lowest BCUT2D eigenvalue weighted by atomic mass is 9.90. The molecule has 4 rings (SSSR count). The molecule has 4 N–H and O–H groups in total. The van der Waals surface area contributed by atoms with Crippen LogP contribution in [0, 0.1) is 0 Å². The SMILES string of the molecule is C[C@H](CC(=O)N1CCC(O)(Cn2cnc3cc(NCCOCCCN)ccc3c2=O)CC1)c1ccccc1. The average molecular weight is 522 g/mol. The Labute approximate surface area is 223 Å². The molecule has 204 valence electrons. The smallest absolute Gasteiger partial charge is 0.261 e. The molecule has 38 heavy (non-hydrogen) atoms. The number of rotatable bonds is 12. The van der Waals surface area contributed by atoms with E-state index in [2.05, 4.69) is 17.2 Å². The predicted octanol–water partition coefficient (Wildman–Crippen LogP) is 2.72. The maximum Gasteiger partial charge on any atom is 0.261 e. The molecule has 0 bridgehead atoms. The summed E-state index contributed by atoms with van der Waals surface area (Å²) in [6.07, 6.45) is 3.61. The van der Waals surface area contributed by atoms with Crippen LogP contribution in [-0.2, 0) is 16.1 Å². The van der Waals surface area contributed by atoms with E-state index in [1.807, 2.05) is 47.4 Å². The molecule has 1 aliphatic heterocycles. The Morgan fingerprint density at radius 3 is 2.68 bits per heavy atom. The van der Waals surface area contributed by atoms with Gasteiger partial charge < -0.3 is 25.8 Å². The van der Waals surface area contributed by atoms with Gasteiger partial charge in [-0.25, -0.2) is 4.98 Å². The number of nitrogens with zero attached hydrogens (tertiary/aromatic N) is 3. The van der Waals surface area contributed by atoms with Gasteiger partial charge in [0.15, 0.2) is 0 Å². The van der Waals surface area contributed by atoms with Crippen molar-refractivity contribution in [2.75, 3.05) is 44.7 Å². The first-order valence-corrected chi connectivity index (χ1v) is 13.4. The molecule has 2 aromatic carbocycles. The Kier molecular flexibility index (Phi) is 9.49. The molecule has 1 atom stereocenters. The van der Waals surface area contributed by atoms with Crippen molar-refractivity contribution in [2.24, 2.45) is 5.73 Å². The first kappa shape index (κ1) is 27.8. The van der Waals surface area contributed by atoms with Crippen LogP contribution in [0.1, 0.15) is 44.1 Å². The van der Waals surface area contributed by atoms with Crippen molar-refractivity contribution < 1.29 is 14.6 Å². The van der Waals surface area contributed by atoms with Crippen LogP contribution < -0.4 is 16.6 Å². The van der Waals surface area contributed by atoms with E-state index < -0.39 is 5.60 Å². The molecular weight excluding hydrogens is 482 g/mol. The molecule has 1 aromatic heterocycles. The summed E-state index contributed by atoms with van der Waals surface area (Å²) in [5.74, 6) is 0.233. The summed E-state index contributed by atoms with van der Waals surface area (Å²) in [5, 5.41) is 15.0. The molecule has 0 aliphatic carbocycles. The number of ether oxygens (including phenoxy) is 1. The molecule has 0 radical (unpaired) electrons. The highest BCUT2D eigenvalue weighted by atomic mass is 16.5. The number of nitrogens with one attached hydrogen (secondary N) is 1. The maximum absolute atomic E-state index is 13.1. The van der Waals surface area contributed by atoms with Gasteiger partial charge in [-0.2, -0.15) is 0 Å². The zero-order chi connectivity index (χ0) is 27.0. The van der Waals surface area contributed by atoms with E-state index in [-0.39, 0.29) is 23.9 Å². The number of amides is 1. The quantitative estimate of drug-likeness (QED) is 0.313. The number of nitrogens with two attached hydrogens (primary N) is 1. The molecule has 1 saturated heterocycles. The molecule has 9 nitrogen and oxygen atoms in total. The molecule has 1 aliphatic rings. The van der Waals surface area contributed by atoms with E-state index in [0.29, 0.717) is 69.6 Å². The minimum absolute atomic E-state index is 0.0967. The van der Waals surface area contributed by atoms with Gasteiger partial charge in [0, 0.05) is 38.3 Å². The number of benzene rings is 2. The summed E-state index contributed by atoms with van der Waals surface area (Å²) in [7, 11) is 0. The van der Waals surface area contributed by atoms with Gasteiger partial charge in [-0.15, -0.1) is 0 Å². The first-order valence-electron chi connectivity index (χ1n) is 13.4. The van der Waals surface area contributed by atoms with E-state index in [0.717, 1.165) is 17.7 Å². The van der Waals surface area contributed by atoms with Gasteiger partial charge in [0.25, 0.3) is 5.56 Å². The second-order valence-electron chi connectivity index (χ2n) is 10.2. The van der Waals surface area contributed by atoms with Crippen molar-refractivity contribution in [2.45, 2.75) is 50.7 Å². The van der Waals surface area contributed by atoms with Crippen molar-refractivity contribution in [3.8, 4) is 0 Å². The van der Waals surface area contributed by atoms with Crippen LogP contribution in [-0.4, -0.2) is 70.5 Å². The standard InChI is InChI=1S/C29H39N5O4/c1-22(23-6-3-2-4-7-23)18-27(35)33-14-10-29(37,11-15-33)20-34-21-32-26-19-24(8-9-25(26)28(34)36)31-13-17-38-16-5-12-30/h2-4,6-9,19,21-22,31,37H,5,10-18,20,30H2,1H3/t22-/m1/s1. The molecule has 0 spiro atoms. The van der Waals surface area contributed by atoms with E-state index in [4.69, 9.17) is 10.5 Å². The number of aromatic nitrogens is 2. The number of hydrogen-bond donors (Lipinski definition) is 3. The predicted molar refractivity (Wildman–Crippen MR) is 149 cm³/mol. The third-order valence-corrected chi connectivity index (χ3v) is 7.25. The topological polar surface area (TPSA) is 123 Å². The summed E-state index contributed by atoms with van der Waals surface area (Å²) < 4.78 is 6.98. The van der Waals surface area contributed by atoms with E-state index >= 15 is 0 Å². The number of fused-ring (bicyclic) bond motifs is 1. The molecule has 2 heterocycles. The maximum atomic E-state index is 13.1. The van der Waals surface area contributed by atoms with Crippen LogP contribution in [0.15, 0.2) is 59.7 Å². The summed E-state index contributed by atoms with van der Waals surface area (Å²) in [5.41, 5.74) is 6.82. The first-order chi connectivity index (χ1) is 18.4. The molecule has 1 amide bonds. The summed E-state index contributed by atoms with van der Waals surface area (Å²) in [6, 6.07) is 15.5. The lowest BCUT2D eigenvalue weighted by Crippen LogP contribution is -2.49. The lowest BCUT2D eigenvalue weighted by Gasteiger charge is -2.38. The number of aliphatic hydroxyl groups is 1. The fraction of sp³-hybridized carbons (Fsp3) is 0.483. The molecule has 3 aromatic rings. The fourth-order valence-corrected chi connectivity index (χ4v) is 4.87. The highest BCUT2D eigenvalue weighted by molar-refractivity contribution is 5.81. The average Bonchev–Trinajstić information content (AvgIpc) is 2.93. The second kappa shape index (κ2) is 13.0. The summed E-state index contributed by atoms with van der Waals surface area (Å²) in [4.78, 5) is 32.3. The van der Waals surface area contributed by atoms with Crippen molar-refractivity contribution in [1.82, 2.24) is 14.5 Å². The van der Waals surface area contributed by atoms with E-state index in [1.54, 1.807) is 6.07 Å². The third kappa shape index (κ3) is 7.18. The summed E-state index contributed by atoms with van der Waals surface area (Å²) >= 11 is 0. The van der Waals surface area contributed by atoms with Crippen LogP contribution in [0.25, 0.3) is 10.9 Å². The molecule has 0 unspecified atom stereocenters. The van der Waals surface area contributed by atoms with Crippen LogP contribution in [0.4, 0.5) is 5.69 Å². The van der Waals surface area contributed by atoms with Gasteiger partial charge in [-0.05, 0) is 55.5 Å². The van der Waals surface area contributed by atoms with E-state index in [1.165, 1.54) is 10.9 Å². The molecule has 9 heteroatoms. The number of hydrogen-bond acceptors (Lipinski definition) is 7.